The molecule has 46 heavy (non-hydrogen) atoms. The lowest BCUT2D eigenvalue weighted by Crippen LogP contribution is -2.18. The van der Waals surface area contributed by atoms with Gasteiger partial charge in [-0.05, 0) is 112 Å². The summed E-state index contributed by atoms with van der Waals surface area (Å²) in [7, 11) is 0. The molecule has 1 aliphatic carbocycles. The maximum atomic E-state index is 13.6. The van der Waals surface area contributed by atoms with Crippen molar-refractivity contribution in [2.75, 3.05) is 0 Å². The van der Waals surface area contributed by atoms with E-state index in [1.165, 1.54) is 23.4 Å². The second-order valence-corrected chi connectivity index (χ2v) is 14.0. The number of carbonyl (C=O) groups is 1. The number of ketones is 1. The van der Waals surface area contributed by atoms with Crippen molar-refractivity contribution < 1.29 is 22.7 Å². The zero-order valence-corrected chi connectivity index (χ0v) is 29.3. The second kappa shape index (κ2) is 17.6. The van der Waals surface area contributed by atoms with Crippen LogP contribution in [0.1, 0.15) is 103 Å². The Morgan fingerprint density at radius 1 is 1.04 bits per heavy atom. The largest absolute Gasteiger partial charge is 0.490 e. The molecule has 250 valence electrons. The number of thioether (sulfide) groups is 1. The topological polar surface area (TPSA) is 50.2 Å². The number of hydrogen-bond acceptors (Lipinski definition) is 4. The number of carbonyl (C=O) groups excluding carboxylic acids is 1. The normalized spacial score (nSPS) is 17.2. The van der Waals surface area contributed by atoms with Crippen LogP contribution in [-0.2, 0) is 0 Å². The molecule has 0 saturated heterocycles. The third kappa shape index (κ3) is 12.5. The number of ether oxygens (including phenoxy) is 1. The van der Waals surface area contributed by atoms with Crippen molar-refractivity contribution in [3.63, 3.8) is 0 Å². The minimum Gasteiger partial charge on any atom is -0.490 e. The lowest BCUT2D eigenvalue weighted by Gasteiger charge is -2.20. The molecule has 0 fully saturated rings. The molecule has 1 unspecified atom stereocenters. The van der Waals surface area contributed by atoms with Crippen LogP contribution in [0.25, 0.3) is 4.91 Å². The van der Waals surface area contributed by atoms with Crippen molar-refractivity contribution in [2.45, 2.75) is 99.3 Å². The molecule has 0 spiro atoms. The van der Waals surface area contributed by atoms with Crippen molar-refractivity contribution >= 4 is 28.2 Å². The molecule has 0 aliphatic heterocycles. The summed E-state index contributed by atoms with van der Waals surface area (Å²) in [6.45, 7) is 25.1. The average Bonchev–Trinajstić information content (AvgIpc) is 3.19. The third-order valence-corrected chi connectivity index (χ3v) is 8.93. The number of halogens is 3. The van der Waals surface area contributed by atoms with Crippen LogP contribution in [0.2, 0.25) is 0 Å². The Morgan fingerprint density at radius 3 is 2.28 bits per heavy atom. The molecule has 1 N–H and O–H groups in total. The molecule has 1 aromatic carbocycles. The predicted molar refractivity (Wildman–Crippen MR) is 191 cm³/mol. The van der Waals surface area contributed by atoms with Crippen molar-refractivity contribution in [1.29, 1.82) is 5.41 Å². The Balaban J connectivity index is 2.32. The van der Waals surface area contributed by atoms with Gasteiger partial charge in [-0.2, -0.15) is 13.2 Å². The highest BCUT2D eigenvalue weighted by Crippen LogP contribution is 2.36. The van der Waals surface area contributed by atoms with E-state index in [1.807, 2.05) is 32.9 Å². The first kappa shape index (κ1) is 38.9. The number of benzene rings is 1. The monoisotopic (exact) mass is 653 g/mol. The fourth-order valence-electron chi connectivity index (χ4n) is 5.29. The van der Waals surface area contributed by atoms with Gasteiger partial charge in [-0.1, -0.05) is 93.3 Å². The molecule has 3 nitrogen and oxygen atoms in total. The van der Waals surface area contributed by atoms with Crippen LogP contribution in [0, 0.1) is 17.2 Å². The molecule has 1 aliphatic rings. The minimum absolute atomic E-state index is 0.000600. The molecule has 0 radical (unpaired) electrons. The lowest BCUT2D eigenvalue weighted by molar-refractivity contribution is -0.0913. The zero-order valence-electron chi connectivity index (χ0n) is 28.5. The molecule has 0 heterocycles. The molecule has 0 bridgehead atoms. The molecular weight excluding hydrogens is 603 g/mol. The van der Waals surface area contributed by atoms with Crippen molar-refractivity contribution in [2.24, 2.45) is 11.8 Å². The predicted octanol–water partition coefficient (Wildman–Crippen LogP) is 12.4. The number of hydrogen-bond donors (Lipinski definition) is 1. The molecule has 1 aromatic rings. The first-order valence-corrected chi connectivity index (χ1v) is 16.7. The molecule has 0 saturated carbocycles. The van der Waals surface area contributed by atoms with Crippen LogP contribution in [0.15, 0.2) is 95.0 Å². The van der Waals surface area contributed by atoms with Crippen LogP contribution >= 0.6 is 11.8 Å². The van der Waals surface area contributed by atoms with Gasteiger partial charge in [0, 0.05) is 16.0 Å². The minimum atomic E-state index is -4.40. The molecule has 7 heteroatoms. The van der Waals surface area contributed by atoms with E-state index in [9.17, 15) is 18.0 Å². The van der Waals surface area contributed by atoms with E-state index in [1.54, 1.807) is 19.1 Å². The molecule has 0 aromatic heterocycles. The molecule has 2 rings (SSSR count). The SMILES string of the molecule is C=C(C)/C=C(/C)SC(=C)c1cc(OC2CCC=C(C(C)C)CC2)cc(C(=O)C(=N)CC[C@H](C)/C(=C/C=C(\C)C(F)(F)F)C(=C)C)c1. The van der Waals surface area contributed by atoms with Gasteiger partial charge in [0.15, 0.2) is 0 Å². The fourth-order valence-corrected chi connectivity index (χ4v) is 6.18. The van der Waals surface area contributed by atoms with E-state index >= 15 is 0 Å². The fraction of sp³-hybridized carbons (Fsp3) is 0.436. The quantitative estimate of drug-likeness (QED) is 0.0887. The van der Waals surface area contributed by atoms with Crippen LogP contribution in [0.4, 0.5) is 13.2 Å². The molecule has 0 amide bonds. The number of allylic oxidation sites excluding steroid dienone is 10. The Labute approximate surface area is 278 Å². The first-order valence-electron chi connectivity index (χ1n) is 15.8. The number of rotatable bonds is 15. The van der Waals surface area contributed by atoms with Gasteiger partial charge in [-0.15, -0.1) is 0 Å². The lowest BCUT2D eigenvalue weighted by atomic mass is 9.89. The van der Waals surface area contributed by atoms with Crippen molar-refractivity contribution in [1.82, 2.24) is 0 Å². The summed E-state index contributed by atoms with van der Waals surface area (Å²) in [6, 6.07) is 5.38. The highest BCUT2D eigenvalue weighted by Gasteiger charge is 2.29. The molecule has 2 atom stereocenters. The van der Waals surface area contributed by atoms with Crippen LogP contribution in [0.3, 0.4) is 0 Å². The molecular formula is C39H50F3NO2S. The van der Waals surface area contributed by atoms with Gasteiger partial charge in [0.05, 0.1) is 11.8 Å². The van der Waals surface area contributed by atoms with Crippen LogP contribution < -0.4 is 4.74 Å². The van der Waals surface area contributed by atoms with Gasteiger partial charge in [0.1, 0.15) is 5.75 Å². The number of nitrogens with one attached hydrogen (secondary N) is 1. The Bertz CT molecular complexity index is 1460. The van der Waals surface area contributed by atoms with E-state index in [-0.39, 0.29) is 24.2 Å². The summed E-state index contributed by atoms with van der Waals surface area (Å²) in [4.78, 5) is 15.4. The van der Waals surface area contributed by atoms with Gasteiger partial charge >= 0.3 is 6.18 Å². The zero-order chi connectivity index (χ0) is 34.8. The van der Waals surface area contributed by atoms with Gasteiger partial charge in [-0.25, -0.2) is 0 Å². The van der Waals surface area contributed by atoms with Gasteiger partial charge in [-0.3, -0.25) is 4.79 Å². The third-order valence-electron chi connectivity index (χ3n) is 8.00. The standard InChI is InChI=1S/C39H50F3NO2S/c1-24(2)20-29(9)46-30(10)32-21-33(23-35(22-32)45-34-13-11-12-31(16-17-34)25(3)4)38(44)37(43)19-14-27(7)36(26(5)6)18-15-28(8)39(40,41)42/h12,15,18,20-23,25,27,34,43H,1,5,10-11,13-14,16-17,19H2,2-4,6-9H3/b28-15+,29-20-,36-18+,43-37?/t27-,34?/m0/s1. The van der Waals surface area contributed by atoms with E-state index in [4.69, 9.17) is 10.1 Å². The van der Waals surface area contributed by atoms with E-state index in [2.05, 4.69) is 39.7 Å². The van der Waals surface area contributed by atoms with E-state index in [0.717, 1.165) is 59.6 Å². The van der Waals surface area contributed by atoms with Gasteiger partial charge in [0.25, 0.3) is 0 Å². The maximum Gasteiger partial charge on any atom is 0.412 e. The summed E-state index contributed by atoms with van der Waals surface area (Å²) in [6.07, 6.45) is 6.62. The van der Waals surface area contributed by atoms with Crippen LogP contribution in [-0.4, -0.2) is 23.8 Å². The Kier molecular flexibility index (Phi) is 14.8. The summed E-state index contributed by atoms with van der Waals surface area (Å²) in [5, 5.41) is 8.66. The highest BCUT2D eigenvalue weighted by atomic mass is 32.2. The average molecular weight is 654 g/mol. The smallest absolute Gasteiger partial charge is 0.412 e. The number of alkyl halides is 3. The van der Waals surface area contributed by atoms with Crippen LogP contribution in [0.5, 0.6) is 5.75 Å². The first-order chi connectivity index (χ1) is 21.4. The summed E-state index contributed by atoms with van der Waals surface area (Å²) >= 11 is 1.49. The summed E-state index contributed by atoms with van der Waals surface area (Å²) in [5.74, 6) is 0.456. The van der Waals surface area contributed by atoms with Gasteiger partial charge in [0.2, 0.25) is 5.78 Å². The van der Waals surface area contributed by atoms with Crippen molar-refractivity contribution in [3.8, 4) is 5.75 Å². The highest BCUT2D eigenvalue weighted by molar-refractivity contribution is 8.11. The number of Topliss-reactive ketones (excluding diaryl/α,β-unsaturated/α-hetero) is 1. The van der Waals surface area contributed by atoms with E-state index in [0.29, 0.717) is 34.8 Å². The Morgan fingerprint density at radius 2 is 1.70 bits per heavy atom. The van der Waals surface area contributed by atoms with Gasteiger partial charge < -0.3 is 10.1 Å². The maximum absolute atomic E-state index is 13.6. The second-order valence-electron chi connectivity index (χ2n) is 12.7. The van der Waals surface area contributed by atoms with E-state index < -0.39 is 17.5 Å². The Hall–Kier alpha value is -3.32. The summed E-state index contributed by atoms with van der Waals surface area (Å²) < 4.78 is 45.5. The summed E-state index contributed by atoms with van der Waals surface area (Å²) in [5.41, 5.74) is 3.99. The van der Waals surface area contributed by atoms with Crippen molar-refractivity contribution in [3.05, 3.63) is 106 Å².